The smallest absolute Gasteiger partial charge is 0.350 e. The number of rotatable bonds is 4. The van der Waals surface area contributed by atoms with E-state index in [0.29, 0.717) is 23.1 Å². The first-order chi connectivity index (χ1) is 13.5. The van der Waals surface area contributed by atoms with Crippen LogP contribution in [0.2, 0.25) is 0 Å². The molecule has 0 bridgehead atoms. The predicted octanol–water partition coefficient (Wildman–Crippen LogP) is 1.91. The molecule has 1 aliphatic heterocycles. The molecule has 2 aromatic heterocycles. The first-order valence-electron chi connectivity index (χ1n) is 9.26. The highest BCUT2D eigenvalue weighted by Gasteiger charge is 2.22. The van der Waals surface area contributed by atoms with Gasteiger partial charge in [0.1, 0.15) is 12.4 Å². The van der Waals surface area contributed by atoms with E-state index in [4.69, 9.17) is 0 Å². The number of piperidine rings is 1. The molecule has 0 aliphatic carbocycles. The van der Waals surface area contributed by atoms with Crippen molar-refractivity contribution in [2.45, 2.75) is 26.3 Å². The number of fused-ring (bicyclic) bond motifs is 1. The molecule has 1 N–H and O–H groups in total. The van der Waals surface area contributed by atoms with Gasteiger partial charge in [0, 0.05) is 31.2 Å². The van der Waals surface area contributed by atoms with Crippen molar-refractivity contribution >= 4 is 23.1 Å². The molecule has 1 fully saturated rings. The van der Waals surface area contributed by atoms with Gasteiger partial charge in [-0.2, -0.15) is 0 Å². The maximum atomic E-state index is 13.0. The van der Waals surface area contributed by atoms with Crippen LogP contribution in [-0.2, 0) is 11.3 Å². The molecular weight excluding hydrogens is 363 g/mol. The zero-order valence-electron chi connectivity index (χ0n) is 15.5. The molecule has 0 saturated carbocycles. The third kappa shape index (κ3) is 3.60. The molecule has 0 unspecified atom stereocenters. The number of nitrogens with zero attached hydrogens (tertiary/aromatic N) is 5. The fourth-order valence-electron chi connectivity index (χ4n) is 3.51. The summed E-state index contributed by atoms with van der Waals surface area (Å²) >= 11 is 0. The summed E-state index contributed by atoms with van der Waals surface area (Å²) in [6.07, 6.45) is 5.36. The van der Waals surface area contributed by atoms with Crippen LogP contribution in [0.3, 0.4) is 0 Å². The Morgan fingerprint density at radius 1 is 1.32 bits per heavy atom. The summed E-state index contributed by atoms with van der Waals surface area (Å²) in [5.74, 6) is 0.398. The van der Waals surface area contributed by atoms with Crippen molar-refractivity contribution in [1.29, 1.82) is 0 Å². The Labute approximate surface area is 160 Å². The molecule has 1 saturated heterocycles. The van der Waals surface area contributed by atoms with Crippen molar-refractivity contribution < 1.29 is 9.18 Å². The lowest BCUT2D eigenvalue weighted by atomic mass is 10.0. The van der Waals surface area contributed by atoms with Crippen LogP contribution in [0.15, 0.2) is 41.5 Å². The SMILES string of the molecule is C[C@@H]1CCCN(c2nccn3c(=O)n(CC(=O)Nc4ccc(F)cc4)nc23)C1. The fourth-order valence-corrected chi connectivity index (χ4v) is 3.51. The van der Waals surface area contributed by atoms with Crippen molar-refractivity contribution in [1.82, 2.24) is 19.2 Å². The van der Waals surface area contributed by atoms with Gasteiger partial charge < -0.3 is 10.2 Å². The molecular formula is C19H21FN6O2. The van der Waals surface area contributed by atoms with Gasteiger partial charge in [-0.1, -0.05) is 6.92 Å². The van der Waals surface area contributed by atoms with Gasteiger partial charge in [-0.3, -0.25) is 4.79 Å². The lowest BCUT2D eigenvalue weighted by molar-refractivity contribution is -0.117. The van der Waals surface area contributed by atoms with Crippen LogP contribution in [-0.4, -0.2) is 38.2 Å². The lowest BCUT2D eigenvalue weighted by Crippen LogP contribution is -2.35. The average molecular weight is 384 g/mol. The van der Waals surface area contributed by atoms with E-state index < -0.39 is 11.6 Å². The highest BCUT2D eigenvalue weighted by Crippen LogP contribution is 2.23. The van der Waals surface area contributed by atoms with E-state index in [1.165, 1.54) is 35.1 Å². The molecule has 8 nitrogen and oxygen atoms in total. The Kier molecular flexibility index (Phi) is 4.81. The van der Waals surface area contributed by atoms with Crippen LogP contribution >= 0.6 is 0 Å². The Bertz CT molecular complexity index is 1060. The van der Waals surface area contributed by atoms with Crippen LogP contribution < -0.4 is 15.9 Å². The molecule has 0 spiro atoms. The predicted molar refractivity (Wildman–Crippen MR) is 103 cm³/mol. The molecule has 1 aliphatic rings. The van der Waals surface area contributed by atoms with Gasteiger partial charge in [-0.25, -0.2) is 23.3 Å². The fraction of sp³-hybridized carbons (Fsp3) is 0.368. The van der Waals surface area contributed by atoms with Crippen molar-refractivity contribution in [3.63, 3.8) is 0 Å². The number of carbonyl (C=O) groups excluding carboxylic acids is 1. The van der Waals surface area contributed by atoms with E-state index in [-0.39, 0.29) is 12.4 Å². The van der Waals surface area contributed by atoms with Crippen LogP contribution in [0.1, 0.15) is 19.8 Å². The molecule has 0 radical (unpaired) electrons. The van der Waals surface area contributed by atoms with Gasteiger partial charge in [0.05, 0.1) is 0 Å². The van der Waals surface area contributed by atoms with Crippen molar-refractivity contribution in [3.05, 3.63) is 53.0 Å². The number of carbonyl (C=O) groups is 1. The Hall–Kier alpha value is -3.23. The first-order valence-corrected chi connectivity index (χ1v) is 9.26. The number of aromatic nitrogens is 4. The Morgan fingerprint density at radius 3 is 2.86 bits per heavy atom. The second-order valence-electron chi connectivity index (χ2n) is 7.13. The summed E-state index contributed by atoms with van der Waals surface area (Å²) < 4.78 is 15.5. The second kappa shape index (κ2) is 7.41. The molecule has 4 rings (SSSR count). The number of amides is 1. The van der Waals surface area contributed by atoms with Gasteiger partial charge >= 0.3 is 5.69 Å². The second-order valence-corrected chi connectivity index (χ2v) is 7.13. The molecule has 1 aromatic carbocycles. The number of hydrogen-bond donors (Lipinski definition) is 1. The van der Waals surface area contributed by atoms with Gasteiger partial charge in [0.15, 0.2) is 5.82 Å². The van der Waals surface area contributed by atoms with Gasteiger partial charge in [0.25, 0.3) is 0 Å². The van der Waals surface area contributed by atoms with Crippen LogP contribution in [0.25, 0.3) is 5.65 Å². The van der Waals surface area contributed by atoms with Gasteiger partial charge in [0.2, 0.25) is 11.6 Å². The van der Waals surface area contributed by atoms with Crippen LogP contribution in [0.5, 0.6) is 0 Å². The van der Waals surface area contributed by atoms with Crippen LogP contribution in [0, 0.1) is 11.7 Å². The third-order valence-corrected chi connectivity index (χ3v) is 4.86. The third-order valence-electron chi connectivity index (χ3n) is 4.86. The van der Waals surface area contributed by atoms with E-state index in [1.807, 2.05) is 0 Å². The summed E-state index contributed by atoms with van der Waals surface area (Å²) in [5.41, 5.74) is 0.488. The molecule has 1 amide bonds. The minimum Gasteiger partial charge on any atom is -0.353 e. The highest BCUT2D eigenvalue weighted by molar-refractivity contribution is 5.90. The minimum absolute atomic E-state index is 0.242. The Morgan fingerprint density at radius 2 is 2.11 bits per heavy atom. The lowest BCUT2D eigenvalue weighted by Gasteiger charge is -2.31. The summed E-state index contributed by atoms with van der Waals surface area (Å²) in [6, 6.07) is 5.42. The minimum atomic E-state index is -0.418. The van der Waals surface area contributed by atoms with Gasteiger partial charge in [-0.05, 0) is 43.0 Å². The quantitative estimate of drug-likeness (QED) is 0.743. The number of nitrogens with one attached hydrogen (secondary N) is 1. The van der Waals surface area contributed by atoms with E-state index in [2.05, 4.69) is 27.2 Å². The monoisotopic (exact) mass is 384 g/mol. The van der Waals surface area contributed by atoms with Crippen LogP contribution in [0.4, 0.5) is 15.9 Å². The number of benzene rings is 1. The molecule has 146 valence electrons. The highest BCUT2D eigenvalue weighted by atomic mass is 19.1. The van der Waals surface area contributed by atoms with E-state index in [0.717, 1.165) is 24.2 Å². The molecule has 1 atom stereocenters. The van der Waals surface area contributed by atoms with Crippen molar-refractivity contribution in [3.8, 4) is 0 Å². The standard InChI is InChI=1S/C19H21FN6O2/c1-13-3-2-9-24(11-13)17-18-23-26(19(28)25(18)10-8-21-17)12-16(27)22-15-6-4-14(20)5-7-15/h4-8,10,13H,2-3,9,11-12H2,1H3,(H,22,27)/t13-/m1/s1. The topological polar surface area (TPSA) is 84.5 Å². The van der Waals surface area contributed by atoms with Crippen molar-refractivity contribution in [2.75, 3.05) is 23.3 Å². The summed E-state index contributed by atoms with van der Waals surface area (Å²) in [6.45, 7) is 3.67. The van der Waals surface area contributed by atoms with Crippen molar-refractivity contribution in [2.24, 2.45) is 5.92 Å². The maximum absolute atomic E-state index is 13.0. The Balaban J connectivity index is 1.59. The van der Waals surface area contributed by atoms with E-state index in [1.54, 1.807) is 12.4 Å². The largest absolute Gasteiger partial charge is 0.353 e. The summed E-state index contributed by atoms with van der Waals surface area (Å²) in [5, 5.41) is 6.98. The zero-order chi connectivity index (χ0) is 19.7. The number of hydrogen-bond acceptors (Lipinski definition) is 5. The molecule has 3 heterocycles. The summed E-state index contributed by atoms with van der Waals surface area (Å²) in [7, 11) is 0. The molecule has 3 aromatic rings. The maximum Gasteiger partial charge on any atom is 0.350 e. The normalized spacial score (nSPS) is 17.1. The van der Waals surface area contributed by atoms with E-state index >= 15 is 0 Å². The van der Waals surface area contributed by atoms with E-state index in [9.17, 15) is 14.0 Å². The zero-order valence-corrected chi connectivity index (χ0v) is 15.5. The number of halogens is 1. The molecule has 28 heavy (non-hydrogen) atoms. The number of anilines is 2. The van der Waals surface area contributed by atoms with Gasteiger partial charge in [-0.15, -0.1) is 5.10 Å². The average Bonchev–Trinajstić information content (AvgIpc) is 2.99. The molecule has 9 heteroatoms. The summed E-state index contributed by atoms with van der Waals surface area (Å²) in [4.78, 5) is 31.5. The first kappa shape index (κ1) is 18.1.